The molecule has 3 N–H and O–H groups in total. The maximum Gasteiger partial charge on any atom is 0.251 e. The van der Waals surface area contributed by atoms with Gasteiger partial charge in [-0.15, -0.1) is 23.7 Å². The van der Waals surface area contributed by atoms with E-state index in [2.05, 4.69) is 10.2 Å². The number of carbonyl (C=O) groups is 2. The van der Waals surface area contributed by atoms with Crippen LogP contribution in [0.1, 0.15) is 33.6 Å². The number of anilines is 1. The van der Waals surface area contributed by atoms with Crippen molar-refractivity contribution in [3.05, 3.63) is 46.1 Å². The number of thiophene rings is 1. The van der Waals surface area contributed by atoms with E-state index in [9.17, 15) is 22.4 Å². The number of benzene rings is 1. The van der Waals surface area contributed by atoms with E-state index < -0.39 is 21.6 Å². The number of amides is 2. The molecule has 0 saturated heterocycles. The Labute approximate surface area is 184 Å². The molecule has 1 aromatic heterocycles. The van der Waals surface area contributed by atoms with Gasteiger partial charge in [0.15, 0.2) is 9.84 Å². The molecule has 1 aliphatic rings. The van der Waals surface area contributed by atoms with Crippen LogP contribution >= 0.6 is 23.7 Å². The Morgan fingerprint density at radius 3 is 2.57 bits per heavy atom. The maximum atomic E-state index is 13.0. The lowest BCUT2D eigenvalue weighted by Crippen LogP contribution is -2.27. The van der Waals surface area contributed by atoms with Crippen LogP contribution in [0.25, 0.3) is 0 Å². The molecule has 2 heterocycles. The van der Waals surface area contributed by atoms with Crippen molar-refractivity contribution in [2.24, 2.45) is 5.73 Å². The number of nitrogens with zero attached hydrogens (tertiary/aromatic N) is 1. The quantitative estimate of drug-likeness (QED) is 0.598. The van der Waals surface area contributed by atoms with E-state index in [0.717, 1.165) is 29.1 Å². The van der Waals surface area contributed by atoms with Gasteiger partial charge in [-0.2, -0.15) is 0 Å². The first-order chi connectivity index (χ1) is 13.7. The van der Waals surface area contributed by atoms with E-state index in [-0.39, 0.29) is 41.8 Å². The Morgan fingerprint density at radius 1 is 1.27 bits per heavy atom. The molecule has 3 rings (SSSR count). The van der Waals surface area contributed by atoms with Crippen molar-refractivity contribution in [2.75, 3.05) is 24.7 Å². The zero-order valence-electron chi connectivity index (χ0n) is 16.3. The second kappa shape index (κ2) is 9.86. The minimum absolute atomic E-state index is 0. The van der Waals surface area contributed by atoms with E-state index >= 15 is 0 Å². The molecule has 164 valence electrons. The summed E-state index contributed by atoms with van der Waals surface area (Å²) in [5.74, 6) is -1.71. The summed E-state index contributed by atoms with van der Waals surface area (Å²) in [6.45, 7) is 1.49. The molecule has 30 heavy (non-hydrogen) atoms. The zero-order valence-corrected chi connectivity index (χ0v) is 18.8. The number of sulfone groups is 1. The third-order valence-electron chi connectivity index (χ3n) is 4.74. The summed E-state index contributed by atoms with van der Waals surface area (Å²) >= 11 is 1.33. The molecule has 0 atom stereocenters. The number of halogens is 2. The number of nitrogens with two attached hydrogens (primary N) is 1. The van der Waals surface area contributed by atoms with Gasteiger partial charge < -0.3 is 16.0 Å². The van der Waals surface area contributed by atoms with E-state index in [4.69, 9.17) is 5.73 Å². The first-order valence-electron chi connectivity index (χ1n) is 9.08. The second-order valence-electron chi connectivity index (χ2n) is 6.98. The maximum absolute atomic E-state index is 13.0. The van der Waals surface area contributed by atoms with Crippen LogP contribution in [-0.4, -0.2) is 44.5 Å². The van der Waals surface area contributed by atoms with Gasteiger partial charge in [-0.25, -0.2) is 12.8 Å². The Kier molecular flexibility index (Phi) is 7.98. The summed E-state index contributed by atoms with van der Waals surface area (Å²) in [6, 6.07) is 4.58. The van der Waals surface area contributed by atoms with Crippen LogP contribution in [0.3, 0.4) is 0 Å². The molecular formula is C19H23ClFN3O4S2. The van der Waals surface area contributed by atoms with Crippen molar-refractivity contribution in [3.63, 3.8) is 0 Å². The predicted molar refractivity (Wildman–Crippen MR) is 116 cm³/mol. The molecule has 0 saturated carbocycles. The standard InChI is InChI=1S/C19H22FN3O4S2.ClH/c1-23-9-8-14-15(11-23)28-19(17(14)18(21)25)22-16(24)3-2-10-29(26,27)13-6-4-12(20)5-7-13;/h4-7H,2-3,8-11H2,1H3,(H2,21,25)(H,22,24);1H. The molecule has 1 aromatic carbocycles. The molecule has 0 fully saturated rings. The zero-order chi connectivity index (χ0) is 21.2. The van der Waals surface area contributed by atoms with Crippen LogP contribution in [0.2, 0.25) is 0 Å². The van der Waals surface area contributed by atoms with Crippen molar-refractivity contribution in [3.8, 4) is 0 Å². The van der Waals surface area contributed by atoms with Gasteiger partial charge in [-0.1, -0.05) is 0 Å². The van der Waals surface area contributed by atoms with Crippen LogP contribution in [0.5, 0.6) is 0 Å². The Balaban J connectivity index is 0.00000320. The van der Waals surface area contributed by atoms with E-state index in [0.29, 0.717) is 23.5 Å². The molecule has 7 nitrogen and oxygen atoms in total. The van der Waals surface area contributed by atoms with Crippen molar-refractivity contribution < 1.29 is 22.4 Å². The lowest BCUT2D eigenvalue weighted by molar-refractivity contribution is -0.116. The van der Waals surface area contributed by atoms with Crippen molar-refractivity contribution >= 4 is 50.4 Å². The summed E-state index contributed by atoms with van der Waals surface area (Å²) in [5.41, 5.74) is 6.76. The molecule has 0 radical (unpaired) electrons. The van der Waals surface area contributed by atoms with Gasteiger partial charge in [0.05, 0.1) is 16.2 Å². The normalized spacial score (nSPS) is 13.9. The van der Waals surface area contributed by atoms with Crippen molar-refractivity contribution in [2.45, 2.75) is 30.7 Å². The van der Waals surface area contributed by atoms with Crippen LogP contribution in [-0.2, 0) is 27.6 Å². The highest BCUT2D eigenvalue weighted by atomic mass is 35.5. The average Bonchev–Trinajstić information content (AvgIpc) is 2.98. The smallest absolute Gasteiger partial charge is 0.251 e. The topological polar surface area (TPSA) is 110 Å². The number of rotatable bonds is 7. The van der Waals surface area contributed by atoms with Crippen LogP contribution < -0.4 is 11.1 Å². The third kappa shape index (κ3) is 5.57. The highest BCUT2D eigenvalue weighted by molar-refractivity contribution is 7.91. The molecule has 0 aliphatic carbocycles. The van der Waals surface area contributed by atoms with Gasteiger partial charge in [0, 0.05) is 24.4 Å². The fourth-order valence-corrected chi connectivity index (χ4v) is 5.91. The summed E-state index contributed by atoms with van der Waals surface area (Å²) < 4.78 is 37.5. The van der Waals surface area contributed by atoms with Gasteiger partial charge in [-0.3, -0.25) is 9.59 Å². The molecule has 2 aromatic rings. The van der Waals surface area contributed by atoms with Crippen LogP contribution in [0.15, 0.2) is 29.2 Å². The number of hydrogen-bond donors (Lipinski definition) is 2. The van der Waals surface area contributed by atoms with Crippen LogP contribution in [0, 0.1) is 5.82 Å². The van der Waals surface area contributed by atoms with Crippen molar-refractivity contribution in [1.82, 2.24) is 4.90 Å². The number of primary amides is 1. The lowest BCUT2D eigenvalue weighted by Gasteiger charge is -2.22. The predicted octanol–water partition coefficient (Wildman–Crippen LogP) is 2.59. The van der Waals surface area contributed by atoms with E-state index in [1.807, 2.05) is 7.05 Å². The third-order valence-corrected chi connectivity index (χ3v) is 7.69. The van der Waals surface area contributed by atoms with Crippen LogP contribution in [0.4, 0.5) is 9.39 Å². The largest absolute Gasteiger partial charge is 0.365 e. The first-order valence-corrected chi connectivity index (χ1v) is 11.6. The molecule has 0 spiro atoms. The van der Waals surface area contributed by atoms with E-state index in [1.165, 1.54) is 23.5 Å². The van der Waals surface area contributed by atoms with Gasteiger partial charge in [-0.05, 0) is 49.7 Å². The average molecular weight is 476 g/mol. The van der Waals surface area contributed by atoms with Gasteiger partial charge >= 0.3 is 0 Å². The highest BCUT2D eigenvalue weighted by Crippen LogP contribution is 2.36. The Morgan fingerprint density at radius 2 is 1.93 bits per heavy atom. The Hall–Kier alpha value is -2.01. The minimum Gasteiger partial charge on any atom is -0.365 e. The highest BCUT2D eigenvalue weighted by Gasteiger charge is 2.26. The Bertz CT molecular complexity index is 1040. The number of nitrogens with one attached hydrogen (secondary N) is 1. The molecule has 1 aliphatic heterocycles. The van der Waals surface area contributed by atoms with Crippen molar-refractivity contribution in [1.29, 1.82) is 0 Å². The van der Waals surface area contributed by atoms with Gasteiger partial charge in [0.1, 0.15) is 10.8 Å². The number of carbonyl (C=O) groups excluding carboxylic acids is 2. The molecule has 2 amide bonds. The van der Waals surface area contributed by atoms with Gasteiger partial charge in [0.25, 0.3) is 5.91 Å². The summed E-state index contributed by atoms with van der Waals surface area (Å²) in [5, 5.41) is 3.13. The fraction of sp³-hybridized carbons (Fsp3) is 0.368. The monoisotopic (exact) mass is 475 g/mol. The number of likely N-dealkylation sites (N-methyl/N-ethyl adjacent to an activating group) is 1. The first kappa shape index (κ1) is 24.3. The molecule has 0 unspecified atom stereocenters. The minimum atomic E-state index is -3.60. The second-order valence-corrected chi connectivity index (χ2v) is 10.2. The fourth-order valence-electron chi connectivity index (χ4n) is 3.25. The molecule has 11 heteroatoms. The molecule has 0 bridgehead atoms. The number of fused-ring (bicyclic) bond motifs is 1. The summed E-state index contributed by atoms with van der Waals surface area (Å²) in [6.07, 6.45) is 0.763. The summed E-state index contributed by atoms with van der Waals surface area (Å²) in [7, 11) is -1.62. The lowest BCUT2D eigenvalue weighted by atomic mass is 10.0. The number of hydrogen-bond acceptors (Lipinski definition) is 6. The van der Waals surface area contributed by atoms with E-state index in [1.54, 1.807) is 0 Å². The summed E-state index contributed by atoms with van der Waals surface area (Å²) in [4.78, 5) is 27.4. The SMILES string of the molecule is CN1CCc2c(sc(NC(=O)CCCS(=O)(=O)c3ccc(F)cc3)c2C(N)=O)C1.Cl. The molecular weight excluding hydrogens is 453 g/mol. The van der Waals surface area contributed by atoms with Gasteiger partial charge in [0.2, 0.25) is 5.91 Å².